The topological polar surface area (TPSA) is 17.1 Å². The molecule has 2 heteroatoms. The lowest BCUT2D eigenvalue weighted by Crippen LogP contribution is -2.39. The van der Waals surface area contributed by atoms with E-state index >= 15 is 0 Å². The first-order valence-corrected chi connectivity index (χ1v) is 6.29. The largest absolute Gasteiger partial charge is 0.280 e. The SMILES string of the molecule is O=C(Cl)C1(c2ccc3ccccc3c2)CCC1. The van der Waals surface area contributed by atoms with E-state index in [1.54, 1.807) is 0 Å². The van der Waals surface area contributed by atoms with Crippen molar-refractivity contribution in [1.82, 2.24) is 0 Å². The van der Waals surface area contributed by atoms with E-state index in [1.165, 1.54) is 10.8 Å². The van der Waals surface area contributed by atoms with Gasteiger partial charge in [-0.15, -0.1) is 0 Å². The summed E-state index contributed by atoms with van der Waals surface area (Å²) in [5.41, 5.74) is 0.661. The molecule has 0 aromatic heterocycles. The molecule has 0 atom stereocenters. The molecule has 3 rings (SSSR count). The van der Waals surface area contributed by atoms with Gasteiger partial charge >= 0.3 is 0 Å². The third kappa shape index (κ3) is 1.57. The van der Waals surface area contributed by atoms with Crippen LogP contribution < -0.4 is 0 Å². The number of benzene rings is 2. The van der Waals surface area contributed by atoms with E-state index in [9.17, 15) is 4.79 Å². The summed E-state index contributed by atoms with van der Waals surface area (Å²) in [7, 11) is 0. The Labute approximate surface area is 105 Å². The lowest BCUT2D eigenvalue weighted by atomic mass is 9.65. The van der Waals surface area contributed by atoms with Crippen molar-refractivity contribution in [1.29, 1.82) is 0 Å². The average Bonchev–Trinajstić information content (AvgIpc) is 2.27. The average molecular weight is 245 g/mol. The molecule has 86 valence electrons. The van der Waals surface area contributed by atoms with Gasteiger partial charge in [-0.2, -0.15) is 0 Å². The molecule has 1 fully saturated rings. The van der Waals surface area contributed by atoms with Crippen LogP contribution in [0, 0.1) is 0 Å². The van der Waals surface area contributed by atoms with Crippen molar-refractivity contribution in [2.45, 2.75) is 24.7 Å². The number of hydrogen-bond acceptors (Lipinski definition) is 1. The lowest BCUT2D eigenvalue weighted by Gasteiger charge is -2.39. The molecule has 0 unspecified atom stereocenters. The second-order valence-corrected chi connectivity index (χ2v) is 5.11. The molecule has 1 nitrogen and oxygen atoms in total. The number of hydrogen-bond donors (Lipinski definition) is 0. The molecule has 0 amide bonds. The van der Waals surface area contributed by atoms with Gasteiger partial charge in [0.05, 0.1) is 5.41 Å². The summed E-state index contributed by atoms with van der Waals surface area (Å²) in [6.07, 6.45) is 2.85. The van der Waals surface area contributed by atoms with Gasteiger partial charge in [0.15, 0.2) is 0 Å². The number of rotatable bonds is 2. The van der Waals surface area contributed by atoms with Crippen LogP contribution in [0.1, 0.15) is 24.8 Å². The minimum atomic E-state index is -0.411. The molecule has 1 saturated carbocycles. The molecule has 0 radical (unpaired) electrons. The first-order chi connectivity index (χ1) is 8.22. The Hall–Kier alpha value is -1.34. The lowest BCUT2D eigenvalue weighted by molar-refractivity contribution is -0.119. The maximum absolute atomic E-state index is 11.6. The molecule has 0 bridgehead atoms. The number of fused-ring (bicyclic) bond motifs is 1. The zero-order valence-corrected chi connectivity index (χ0v) is 10.2. The van der Waals surface area contributed by atoms with Gasteiger partial charge < -0.3 is 0 Å². The molecule has 17 heavy (non-hydrogen) atoms. The highest BCUT2D eigenvalue weighted by Crippen LogP contribution is 2.46. The minimum Gasteiger partial charge on any atom is -0.280 e. The van der Waals surface area contributed by atoms with Gasteiger partial charge in [-0.25, -0.2) is 0 Å². The van der Waals surface area contributed by atoms with Crippen LogP contribution in [0.15, 0.2) is 42.5 Å². The highest BCUT2D eigenvalue weighted by Gasteiger charge is 2.44. The number of carbonyl (C=O) groups is 1. The Morgan fingerprint density at radius 2 is 1.76 bits per heavy atom. The Morgan fingerprint density at radius 1 is 1.06 bits per heavy atom. The Morgan fingerprint density at radius 3 is 2.35 bits per heavy atom. The third-order valence-corrected chi connectivity index (χ3v) is 4.25. The zero-order chi connectivity index (χ0) is 11.9. The molecule has 1 aliphatic rings. The molecule has 0 N–H and O–H groups in total. The molecule has 2 aromatic carbocycles. The second kappa shape index (κ2) is 3.85. The summed E-state index contributed by atoms with van der Waals surface area (Å²) in [5.74, 6) is 0. The molecule has 2 aromatic rings. The minimum absolute atomic E-state index is 0.209. The van der Waals surface area contributed by atoms with Crippen LogP contribution in [0.4, 0.5) is 0 Å². The summed E-state index contributed by atoms with van der Waals surface area (Å²) in [6.45, 7) is 0. The first-order valence-electron chi connectivity index (χ1n) is 5.92. The van der Waals surface area contributed by atoms with Gasteiger partial charge in [-0.3, -0.25) is 4.79 Å². The van der Waals surface area contributed by atoms with Crippen LogP contribution in [0.25, 0.3) is 10.8 Å². The Kier molecular flexibility index (Phi) is 2.44. The first kappa shape index (κ1) is 10.8. The normalized spacial score (nSPS) is 17.7. The maximum atomic E-state index is 11.6. The van der Waals surface area contributed by atoms with Crippen molar-refractivity contribution in [2.75, 3.05) is 0 Å². The molecule has 0 heterocycles. The molecule has 0 spiro atoms. The van der Waals surface area contributed by atoms with Gasteiger partial charge in [0.2, 0.25) is 5.24 Å². The highest BCUT2D eigenvalue weighted by molar-refractivity contribution is 6.65. The standard InChI is InChI=1S/C15H13ClO/c16-14(17)15(8-3-9-15)13-7-6-11-4-1-2-5-12(11)10-13/h1-2,4-7,10H,3,8-9H2. The van der Waals surface area contributed by atoms with Gasteiger partial charge in [-0.05, 0) is 40.8 Å². The molecular weight excluding hydrogens is 232 g/mol. The van der Waals surface area contributed by atoms with E-state index in [4.69, 9.17) is 11.6 Å². The summed E-state index contributed by atoms with van der Waals surface area (Å²) in [4.78, 5) is 11.6. The van der Waals surface area contributed by atoms with Crippen LogP contribution in [0.3, 0.4) is 0 Å². The summed E-state index contributed by atoms with van der Waals surface area (Å²) in [5, 5.41) is 2.17. The maximum Gasteiger partial charge on any atom is 0.232 e. The van der Waals surface area contributed by atoms with E-state index in [0.717, 1.165) is 24.8 Å². The van der Waals surface area contributed by atoms with Crippen LogP contribution >= 0.6 is 11.6 Å². The van der Waals surface area contributed by atoms with Crippen molar-refractivity contribution < 1.29 is 4.79 Å². The monoisotopic (exact) mass is 244 g/mol. The summed E-state index contributed by atoms with van der Waals surface area (Å²) >= 11 is 5.78. The second-order valence-electron chi connectivity index (χ2n) is 4.77. The van der Waals surface area contributed by atoms with Crippen molar-refractivity contribution in [2.24, 2.45) is 0 Å². The molecule has 0 saturated heterocycles. The van der Waals surface area contributed by atoms with E-state index < -0.39 is 5.41 Å². The van der Waals surface area contributed by atoms with Gasteiger partial charge in [0.1, 0.15) is 0 Å². The van der Waals surface area contributed by atoms with Crippen molar-refractivity contribution >= 4 is 27.6 Å². The van der Waals surface area contributed by atoms with Crippen molar-refractivity contribution in [3.05, 3.63) is 48.0 Å². The van der Waals surface area contributed by atoms with Crippen molar-refractivity contribution in [3.8, 4) is 0 Å². The fraction of sp³-hybridized carbons (Fsp3) is 0.267. The zero-order valence-electron chi connectivity index (χ0n) is 9.45. The van der Waals surface area contributed by atoms with Gasteiger partial charge in [0.25, 0.3) is 0 Å². The van der Waals surface area contributed by atoms with Crippen LogP contribution in [0.5, 0.6) is 0 Å². The Bertz CT molecular complexity index is 584. The fourth-order valence-corrected chi connectivity index (χ4v) is 2.91. The van der Waals surface area contributed by atoms with Crippen LogP contribution in [0.2, 0.25) is 0 Å². The Balaban J connectivity index is 2.14. The predicted octanol–water partition coefficient (Wildman–Crippen LogP) is 4.03. The van der Waals surface area contributed by atoms with E-state index in [1.807, 2.05) is 18.2 Å². The van der Waals surface area contributed by atoms with Gasteiger partial charge in [0, 0.05) is 0 Å². The quantitative estimate of drug-likeness (QED) is 0.729. The highest BCUT2D eigenvalue weighted by atomic mass is 35.5. The predicted molar refractivity (Wildman–Crippen MR) is 70.3 cm³/mol. The molecule has 1 aliphatic carbocycles. The number of halogens is 1. The fourth-order valence-electron chi connectivity index (χ4n) is 2.62. The van der Waals surface area contributed by atoms with E-state index in [0.29, 0.717) is 0 Å². The van der Waals surface area contributed by atoms with E-state index in [-0.39, 0.29) is 5.24 Å². The van der Waals surface area contributed by atoms with E-state index in [2.05, 4.69) is 24.3 Å². The molecular formula is C15H13ClO. The van der Waals surface area contributed by atoms with Crippen LogP contribution in [-0.4, -0.2) is 5.24 Å². The smallest absolute Gasteiger partial charge is 0.232 e. The molecule has 0 aliphatic heterocycles. The van der Waals surface area contributed by atoms with Crippen molar-refractivity contribution in [3.63, 3.8) is 0 Å². The summed E-state index contributed by atoms with van der Waals surface area (Å²) in [6, 6.07) is 14.4. The van der Waals surface area contributed by atoms with Gasteiger partial charge in [-0.1, -0.05) is 48.9 Å². The summed E-state index contributed by atoms with van der Waals surface area (Å²) < 4.78 is 0. The number of carbonyl (C=O) groups excluding carboxylic acids is 1. The third-order valence-electron chi connectivity index (χ3n) is 3.89. The van der Waals surface area contributed by atoms with Crippen LogP contribution in [-0.2, 0) is 10.2 Å².